The summed E-state index contributed by atoms with van der Waals surface area (Å²) < 4.78 is 2.20. The van der Waals surface area contributed by atoms with Crippen LogP contribution in [-0.4, -0.2) is 14.5 Å². The summed E-state index contributed by atoms with van der Waals surface area (Å²) in [5, 5.41) is 0. The van der Waals surface area contributed by atoms with E-state index in [-0.39, 0.29) is 6.04 Å². The molecule has 0 radical (unpaired) electrons. The van der Waals surface area contributed by atoms with Gasteiger partial charge in [-0.3, -0.25) is 0 Å². The van der Waals surface area contributed by atoms with Crippen molar-refractivity contribution in [3.63, 3.8) is 0 Å². The lowest BCUT2D eigenvalue weighted by Crippen LogP contribution is -2.09. The predicted molar refractivity (Wildman–Crippen MR) is 86.6 cm³/mol. The zero-order valence-corrected chi connectivity index (χ0v) is 11.8. The molecule has 0 aliphatic heterocycles. The Bertz CT molecular complexity index is 987. The van der Waals surface area contributed by atoms with Gasteiger partial charge in [0.2, 0.25) is 0 Å². The van der Waals surface area contributed by atoms with E-state index in [1.165, 1.54) is 11.1 Å². The van der Waals surface area contributed by atoms with E-state index in [0.717, 1.165) is 22.4 Å². The monoisotopic (exact) mass is 283 g/mol. The minimum atomic E-state index is 0.110. The van der Waals surface area contributed by atoms with Gasteiger partial charge in [0.1, 0.15) is 6.04 Å². The molecule has 1 aliphatic carbocycles. The predicted octanol–water partition coefficient (Wildman–Crippen LogP) is 4.05. The number of para-hydroxylation sites is 2. The number of aromatic nitrogens is 3. The standard InChI is InChI=1S/C19H13N3/c1-2-8-14-13(7-1)17-18(19(14)22-11-5-6-12-22)21-16-10-4-3-9-15(16)20-17/h1-12,19H. The molecule has 0 saturated heterocycles. The van der Waals surface area contributed by atoms with Gasteiger partial charge in [0.25, 0.3) is 0 Å². The molecule has 0 bridgehead atoms. The quantitative estimate of drug-likeness (QED) is 0.464. The van der Waals surface area contributed by atoms with Crippen molar-refractivity contribution >= 4 is 11.0 Å². The number of fused-ring (bicyclic) bond motifs is 4. The third-order valence-corrected chi connectivity index (χ3v) is 4.29. The van der Waals surface area contributed by atoms with Crippen molar-refractivity contribution in [2.75, 3.05) is 0 Å². The maximum Gasteiger partial charge on any atom is 0.103 e. The third kappa shape index (κ3) is 1.51. The molecule has 0 spiro atoms. The molecule has 3 heteroatoms. The van der Waals surface area contributed by atoms with Gasteiger partial charge >= 0.3 is 0 Å². The van der Waals surface area contributed by atoms with Crippen LogP contribution in [-0.2, 0) is 0 Å². The highest BCUT2D eigenvalue weighted by Gasteiger charge is 2.32. The fourth-order valence-electron chi connectivity index (χ4n) is 3.32. The van der Waals surface area contributed by atoms with E-state index >= 15 is 0 Å². The van der Waals surface area contributed by atoms with E-state index in [0.29, 0.717) is 0 Å². The molecule has 1 aliphatic rings. The van der Waals surface area contributed by atoms with Crippen LogP contribution < -0.4 is 0 Å². The maximum atomic E-state index is 4.92. The van der Waals surface area contributed by atoms with Gasteiger partial charge in [-0.05, 0) is 29.8 Å². The topological polar surface area (TPSA) is 30.7 Å². The molecule has 2 aromatic carbocycles. The van der Waals surface area contributed by atoms with Crippen molar-refractivity contribution in [1.82, 2.24) is 14.5 Å². The Balaban J connectivity index is 1.88. The van der Waals surface area contributed by atoms with Crippen molar-refractivity contribution in [3.8, 4) is 11.3 Å². The van der Waals surface area contributed by atoms with E-state index in [4.69, 9.17) is 9.97 Å². The van der Waals surface area contributed by atoms with Gasteiger partial charge in [-0.1, -0.05) is 36.4 Å². The number of hydrogen-bond donors (Lipinski definition) is 0. The van der Waals surface area contributed by atoms with Gasteiger partial charge in [-0.25, -0.2) is 9.97 Å². The first-order chi connectivity index (χ1) is 10.9. The number of rotatable bonds is 1. The normalized spacial score (nSPS) is 15.7. The summed E-state index contributed by atoms with van der Waals surface area (Å²) in [7, 11) is 0. The van der Waals surface area contributed by atoms with E-state index in [1.807, 2.05) is 24.3 Å². The number of benzene rings is 2. The van der Waals surface area contributed by atoms with Crippen molar-refractivity contribution in [2.45, 2.75) is 6.04 Å². The van der Waals surface area contributed by atoms with Crippen LogP contribution in [0.1, 0.15) is 17.3 Å². The average Bonchev–Trinajstić information content (AvgIpc) is 3.18. The highest BCUT2D eigenvalue weighted by Crippen LogP contribution is 2.43. The molecule has 5 rings (SSSR count). The van der Waals surface area contributed by atoms with Gasteiger partial charge in [0.15, 0.2) is 0 Å². The Morgan fingerprint density at radius 1 is 0.727 bits per heavy atom. The second-order valence-corrected chi connectivity index (χ2v) is 5.57. The van der Waals surface area contributed by atoms with E-state index in [2.05, 4.69) is 53.4 Å². The Morgan fingerprint density at radius 3 is 2.23 bits per heavy atom. The summed E-state index contributed by atoms with van der Waals surface area (Å²) in [6, 6.07) is 20.7. The number of hydrogen-bond acceptors (Lipinski definition) is 2. The minimum absolute atomic E-state index is 0.110. The molecule has 3 nitrogen and oxygen atoms in total. The van der Waals surface area contributed by atoms with Crippen LogP contribution >= 0.6 is 0 Å². The van der Waals surface area contributed by atoms with Gasteiger partial charge in [0.05, 0.1) is 22.4 Å². The maximum absolute atomic E-state index is 4.92. The second-order valence-electron chi connectivity index (χ2n) is 5.57. The largest absolute Gasteiger partial charge is 0.341 e. The molecule has 0 saturated carbocycles. The molecule has 104 valence electrons. The Labute approximate surface area is 127 Å². The molecule has 22 heavy (non-hydrogen) atoms. The van der Waals surface area contributed by atoms with Crippen molar-refractivity contribution < 1.29 is 0 Å². The molecule has 0 amide bonds. The Kier molecular flexibility index (Phi) is 2.27. The summed E-state index contributed by atoms with van der Waals surface area (Å²) in [5.74, 6) is 0. The van der Waals surface area contributed by atoms with Gasteiger partial charge in [0, 0.05) is 18.0 Å². The smallest absolute Gasteiger partial charge is 0.103 e. The molecule has 0 fully saturated rings. The van der Waals surface area contributed by atoms with E-state index in [9.17, 15) is 0 Å². The fourth-order valence-corrected chi connectivity index (χ4v) is 3.32. The van der Waals surface area contributed by atoms with Crippen molar-refractivity contribution in [2.24, 2.45) is 0 Å². The lowest BCUT2D eigenvalue weighted by Gasteiger charge is -2.14. The summed E-state index contributed by atoms with van der Waals surface area (Å²) in [6.07, 6.45) is 4.18. The molecule has 2 heterocycles. The van der Waals surface area contributed by atoms with E-state index < -0.39 is 0 Å². The van der Waals surface area contributed by atoms with Crippen LogP contribution in [0.3, 0.4) is 0 Å². The van der Waals surface area contributed by atoms with Gasteiger partial charge < -0.3 is 4.57 Å². The Morgan fingerprint density at radius 2 is 1.41 bits per heavy atom. The molecular formula is C19H13N3. The molecular weight excluding hydrogens is 270 g/mol. The van der Waals surface area contributed by atoms with Gasteiger partial charge in [-0.15, -0.1) is 0 Å². The SMILES string of the molecule is c1ccc2c(c1)-c1nc3ccccc3nc1C2n1cccc1. The third-order valence-electron chi connectivity index (χ3n) is 4.29. The summed E-state index contributed by atoms with van der Waals surface area (Å²) in [6.45, 7) is 0. The first kappa shape index (κ1) is 11.7. The highest BCUT2D eigenvalue weighted by atomic mass is 15.0. The lowest BCUT2D eigenvalue weighted by atomic mass is 10.1. The molecule has 4 aromatic rings. The average molecular weight is 283 g/mol. The van der Waals surface area contributed by atoms with Crippen molar-refractivity contribution in [1.29, 1.82) is 0 Å². The summed E-state index contributed by atoms with van der Waals surface area (Å²) >= 11 is 0. The molecule has 1 atom stereocenters. The summed E-state index contributed by atoms with van der Waals surface area (Å²) in [4.78, 5) is 9.81. The zero-order chi connectivity index (χ0) is 14.5. The Hall–Kier alpha value is -2.94. The molecule has 1 unspecified atom stereocenters. The highest BCUT2D eigenvalue weighted by molar-refractivity contribution is 5.82. The van der Waals surface area contributed by atoms with Crippen LogP contribution in [0, 0.1) is 0 Å². The van der Waals surface area contributed by atoms with Crippen LogP contribution in [0.25, 0.3) is 22.3 Å². The van der Waals surface area contributed by atoms with Crippen LogP contribution in [0.5, 0.6) is 0 Å². The lowest BCUT2D eigenvalue weighted by molar-refractivity contribution is 0.679. The second kappa shape index (κ2) is 4.28. The zero-order valence-electron chi connectivity index (χ0n) is 11.8. The van der Waals surface area contributed by atoms with Gasteiger partial charge in [-0.2, -0.15) is 0 Å². The minimum Gasteiger partial charge on any atom is -0.341 e. The first-order valence-corrected chi connectivity index (χ1v) is 7.40. The fraction of sp³-hybridized carbons (Fsp3) is 0.0526. The van der Waals surface area contributed by atoms with Crippen LogP contribution in [0.15, 0.2) is 73.1 Å². The van der Waals surface area contributed by atoms with Crippen LogP contribution in [0.2, 0.25) is 0 Å². The number of nitrogens with zero attached hydrogens (tertiary/aromatic N) is 3. The first-order valence-electron chi connectivity index (χ1n) is 7.40. The van der Waals surface area contributed by atoms with Crippen molar-refractivity contribution in [3.05, 3.63) is 84.3 Å². The van der Waals surface area contributed by atoms with Crippen LogP contribution in [0.4, 0.5) is 0 Å². The van der Waals surface area contributed by atoms with E-state index in [1.54, 1.807) is 0 Å². The molecule has 0 N–H and O–H groups in total. The molecule has 2 aromatic heterocycles. The summed E-state index contributed by atoms with van der Waals surface area (Å²) in [5.41, 5.74) is 6.40.